The van der Waals surface area contributed by atoms with Crippen molar-refractivity contribution in [1.82, 2.24) is 0 Å². The van der Waals surface area contributed by atoms with E-state index in [9.17, 15) is 4.79 Å². The van der Waals surface area contributed by atoms with Gasteiger partial charge in [0.25, 0.3) is 0 Å². The highest BCUT2D eigenvalue weighted by molar-refractivity contribution is 5.69. The van der Waals surface area contributed by atoms with Gasteiger partial charge in [-0.3, -0.25) is 0 Å². The standard InChI is InChI=1S/C16H15NO2.ClH/c1-13-2-4-14(5-3-13)6-7-15-8-10-17(11-9-15)12-16(18)19;/h2-11H,12H2,1H3;1H/b7-6-;. The lowest BCUT2D eigenvalue weighted by molar-refractivity contribution is -0.685. The Balaban J connectivity index is 0.00000200. The summed E-state index contributed by atoms with van der Waals surface area (Å²) in [6.45, 7) is 2.05. The van der Waals surface area contributed by atoms with E-state index in [0.717, 1.165) is 11.1 Å². The molecule has 0 amide bonds. The van der Waals surface area contributed by atoms with E-state index < -0.39 is 5.97 Å². The van der Waals surface area contributed by atoms with Gasteiger partial charge in [0.05, 0.1) is 0 Å². The van der Waals surface area contributed by atoms with Gasteiger partial charge in [0.2, 0.25) is 6.54 Å². The van der Waals surface area contributed by atoms with Gasteiger partial charge in [0.15, 0.2) is 12.4 Å². The number of halogens is 1. The maximum Gasteiger partial charge on any atom is 0.370 e. The Morgan fingerprint density at radius 1 is 1.05 bits per heavy atom. The maximum absolute atomic E-state index is 10.6. The molecule has 0 atom stereocenters. The van der Waals surface area contributed by atoms with Gasteiger partial charge in [-0.2, -0.15) is 4.57 Å². The molecule has 0 spiro atoms. The summed E-state index contributed by atoms with van der Waals surface area (Å²) in [6.07, 6.45) is 7.58. The molecule has 0 saturated carbocycles. The van der Waals surface area contributed by atoms with Crippen LogP contribution in [-0.4, -0.2) is 11.1 Å². The van der Waals surface area contributed by atoms with Crippen LogP contribution in [0.5, 0.6) is 0 Å². The zero-order valence-corrected chi connectivity index (χ0v) is 11.9. The molecule has 0 aliphatic carbocycles. The predicted octanol–water partition coefficient (Wildman–Crippen LogP) is -0.458. The third kappa shape index (κ3) is 4.86. The number of carboxylic acid groups (broad SMARTS) is 1. The molecule has 20 heavy (non-hydrogen) atoms. The number of pyridine rings is 1. The molecule has 0 bridgehead atoms. The molecule has 0 aliphatic rings. The molecule has 0 unspecified atom stereocenters. The summed E-state index contributed by atoms with van der Waals surface area (Å²) in [5, 5.41) is 8.68. The Bertz CT molecular complexity index is 589. The SMILES string of the molecule is Cc1ccc(/C=C\c2cc[n+](CC(=O)O)cc2)cc1.[Cl-]. The minimum Gasteiger partial charge on any atom is -1.00 e. The van der Waals surface area contributed by atoms with E-state index in [1.165, 1.54) is 5.56 Å². The van der Waals surface area contributed by atoms with Gasteiger partial charge >= 0.3 is 5.97 Å². The van der Waals surface area contributed by atoms with Crippen molar-refractivity contribution >= 4 is 18.1 Å². The van der Waals surface area contributed by atoms with Crippen LogP contribution >= 0.6 is 0 Å². The van der Waals surface area contributed by atoms with Crippen molar-refractivity contribution < 1.29 is 26.9 Å². The van der Waals surface area contributed by atoms with Crippen LogP contribution in [0.15, 0.2) is 48.8 Å². The number of carbonyl (C=O) groups is 1. The first-order chi connectivity index (χ1) is 9.13. The summed E-state index contributed by atoms with van der Waals surface area (Å²) in [7, 11) is 0. The molecule has 0 aliphatic heterocycles. The first-order valence-electron chi connectivity index (χ1n) is 6.09. The average molecular weight is 290 g/mol. The van der Waals surface area contributed by atoms with Crippen LogP contribution in [0.2, 0.25) is 0 Å². The van der Waals surface area contributed by atoms with E-state index in [2.05, 4.69) is 31.2 Å². The quantitative estimate of drug-likeness (QED) is 0.774. The molecular formula is C16H16ClNO2. The highest BCUT2D eigenvalue weighted by Gasteiger charge is 2.05. The summed E-state index contributed by atoms with van der Waals surface area (Å²) in [4.78, 5) is 10.6. The zero-order chi connectivity index (χ0) is 13.7. The molecule has 2 rings (SSSR count). The fourth-order valence-corrected chi connectivity index (χ4v) is 1.71. The van der Waals surface area contributed by atoms with Crippen molar-refractivity contribution in [2.24, 2.45) is 0 Å². The van der Waals surface area contributed by atoms with E-state index >= 15 is 0 Å². The fraction of sp³-hybridized carbons (Fsp3) is 0.125. The minimum absolute atomic E-state index is 0. The van der Waals surface area contributed by atoms with Gasteiger partial charge < -0.3 is 17.5 Å². The van der Waals surface area contributed by atoms with Gasteiger partial charge in [0, 0.05) is 12.1 Å². The first-order valence-corrected chi connectivity index (χ1v) is 6.09. The largest absolute Gasteiger partial charge is 1.00 e. The third-order valence-electron chi connectivity index (χ3n) is 2.78. The summed E-state index contributed by atoms with van der Waals surface area (Å²) in [5.74, 6) is -0.840. The molecule has 4 heteroatoms. The Morgan fingerprint density at radius 3 is 2.05 bits per heavy atom. The lowest BCUT2D eigenvalue weighted by Crippen LogP contribution is -3.00. The van der Waals surface area contributed by atoms with Gasteiger partial charge in [-0.1, -0.05) is 42.0 Å². The van der Waals surface area contributed by atoms with Gasteiger partial charge in [-0.15, -0.1) is 0 Å². The molecule has 1 aromatic carbocycles. The van der Waals surface area contributed by atoms with Crippen LogP contribution < -0.4 is 17.0 Å². The number of rotatable bonds is 4. The summed E-state index contributed by atoms with van der Waals surface area (Å²) in [6, 6.07) is 12.1. The average Bonchev–Trinajstić information content (AvgIpc) is 2.39. The van der Waals surface area contributed by atoms with Crippen molar-refractivity contribution in [1.29, 1.82) is 0 Å². The molecule has 3 nitrogen and oxygen atoms in total. The predicted molar refractivity (Wildman–Crippen MR) is 74.4 cm³/mol. The zero-order valence-electron chi connectivity index (χ0n) is 11.2. The number of aromatic nitrogens is 1. The molecular weight excluding hydrogens is 274 g/mol. The molecule has 0 radical (unpaired) electrons. The van der Waals surface area contributed by atoms with Gasteiger partial charge in [-0.25, -0.2) is 4.79 Å². The Hall–Kier alpha value is -2.13. The molecule has 1 N–H and O–H groups in total. The molecule has 1 aromatic heterocycles. The van der Waals surface area contributed by atoms with E-state index in [0.29, 0.717) is 0 Å². The Kier molecular flexibility index (Phi) is 5.94. The number of benzene rings is 1. The fourth-order valence-electron chi connectivity index (χ4n) is 1.71. The second-order valence-corrected chi connectivity index (χ2v) is 4.44. The van der Waals surface area contributed by atoms with Gasteiger partial charge in [0.1, 0.15) is 0 Å². The van der Waals surface area contributed by atoms with Crippen molar-refractivity contribution in [2.45, 2.75) is 13.5 Å². The monoisotopic (exact) mass is 289 g/mol. The van der Waals surface area contributed by atoms with Crippen molar-refractivity contribution in [3.8, 4) is 0 Å². The summed E-state index contributed by atoms with van der Waals surface area (Å²) >= 11 is 0. The summed E-state index contributed by atoms with van der Waals surface area (Å²) < 4.78 is 1.63. The minimum atomic E-state index is -0.840. The lowest BCUT2D eigenvalue weighted by atomic mass is 10.1. The second-order valence-electron chi connectivity index (χ2n) is 4.44. The number of hydrogen-bond acceptors (Lipinski definition) is 1. The second kappa shape index (κ2) is 7.46. The van der Waals surface area contributed by atoms with E-state index in [1.54, 1.807) is 17.0 Å². The van der Waals surface area contributed by atoms with Crippen molar-refractivity contribution in [3.63, 3.8) is 0 Å². The summed E-state index contributed by atoms with van der Waals surface area (Å²) in [5.41, 5.74) is 3.43. The molecule has 2 aromatic rings. The van der Waals surface area contributed by atoms with E-state index in [4.69, 9.17) is 5.11 Å². The normalized spacial score (nSPS) is 10.2. The molecule has 1 heterocycles. The van der Waals surface area contributed by atoms with Crippen molar-refractivity contribution in [3.05, 3.63) is 65.5 Å². The van der Waals surface area contributed by atoms with E-state index in [-0.39, 0.29) is 19.0 Å². The number of hydrogen-bond donors (Lipinski definition) is 1. The van der Waals surface area contributed by atoms with Crippen LogP contribution in [0, 0.1) is 6.92 Å². The molecule has 0 saturated heterocycles. The highest BCUT2D eigenvalue weighted by Crippen LogP contribution is 2.08. The van der Waals surface area contributed by atoms with Crippen LogP contribution in [-0.2, 0) is 11.3 Å². The third-order valence-corrected chi connectivity index (χ3v) is 2.78. The van der Waals surface area contributed by atoms with Crippen molar-refractivity contribution in [2.75, 3.05) is 0 Å². The molecule has 0 fully saturated rings. The van der Waals surface area contributed by atoms with Crippen LogP contribution in [0.25, 0.3) is 12.2 Å². The first kappa shape index (κ1) is 15.9. The molecule has 104 valence electrons. The lowest BCUT2D eigenvalue weighted by Gasteiger charge is -1.96. The van der Waals surface area contributed by atoms with Crippen LogP contribution in [0.4, 0.5) is 0 Å². The number of aliphatic carboxylic acids is 1. The van der Waals surface area contributed by atoms with Crippen LogP contribution in [0.1, 0.15) is 16.7 Å². The van der Waals surface area contributed by atoms with E-state index in [1.807, 2.05) is 24.3 Å². The number of nitrogens with zero attached hydrogens (tertiary/aromatic N) is 1. The van der Waals surface area contributed by atoms with Gasteiger partial charge in [-0.05, 0) is 18.1 Å². The van der Waals surface area contributed by atoms with Crippen LogP contribution in [0.3, 0.4) is 0 Å². The Labute approximate surface area is 124 Å². The topological polar surface area (TPSA) is 41.2 Å². The highest BCUT2D eigenvalue weighted by atomic mass is 35.5. The number of aryl methyl sites for hydroxylation is 1. The smallest absolute Gasteiger partial charge is 0.370 e. The maximum atomic E-state index is 10.6. The Morgan fingerprint density at radius 2 is 1.55 bits per heavy atom. The number of carboxylic acids is 1.